The number of rotatable bonds is 9. The summed E-state index contributed by atoms with van der Waals surface area (Å²) in [7, 11) is 3.25. The maximum atomic E-state index is 11.9. The molecule has 1 amide bonds. The summed E-state index contributed by atoms with van der Waals surface area (Å²) in [6.07, 6.45) is 4.76. The molecule has 0 bridgehead atoms. The number of hydrogen-bond donors (Lipinski definition) is 2. The molecule has 0 aliphatic carbocycles. The topological polar surface area (TPSA) is 102 Å². The Balaban J connectivity index is 0.00000122. The number of methoxy groups -OCH3 is 1. The molecule has 28 heavy (non-hydrogen) atoms. The molecule has 0 saturated carbocycles. The monoisotopic (exact) mass is 386 g/mol. The molecular formula is C20H26N4O4. The van der Waals surface area contributed by atoms with Gasteiger partial charge in [-0.1, -0.05) is 25.6 Å². The standard InChI is InChI=1S/C18H20N4O3.C2H6O/c1-3-4-11-25-13(2)18(24)20-12-16-21-15-8-6-5-7-14(15)17(22-16)19-9-10-23;1-3-2/h4-8,10-11H,2-3,9,12H2,1H3,(H,20,24)(H,19,21,22);1-2H3/b11-4-;. The van der Waals surface area contributed by atoms with Crippen molar-refractivity contribution >= 4 is 28.9 Å². The summed E-state index contributed by atoms with van der Waals surface area (Å²) in [5, 5.41) is 6.40. The molecule has 0 aliphatic heterocycles. The van der Waals surface area contributed by atoms with Crippen molar-refractivity contribution in [2.75, 3.05) is 26.1 Å². The Labute approximate surface area is 164 Å². The lowest BCUT2D eigenvalue weighted by molar-refractivity contribution is -0.120. The quantitative estimate of drug-likeness (QED) is 0.388. The Kier molecular flexibility index (Phi) is 10.6. The predicted molar refractivity (Wildman–Crippen MR) is 109 cm³/mol. The molecule has 8 heteroatoms. The lowest BCUT2D eigenvalue weighted by Gasteiger charge is -2.10. The van der Waals surface area contributed by atoms with E-state index in [1.54, 1.807) is 20.3 Å². The van der Waals surface area contributed by atoms with Gasteiger partial charge >= 0.3 is 0 Å². The van der Waals surface area contributed by atoms with E-state index in [1.165, 1.54) is 6.26 Å². The van der Waals surface area contributed by atoms with Crippen LogP contribution in [0, 0.1) is 0 Å². The molecule has 2 N–H and O–H groups in total. The third kappa shape index (κ3) is 7.55. The molecule has 1 heterocycles. The van der Waals surface area contributed by atoms with E-state index in [2.05, 4.69) is 31.9 Å². The zero-order chi connectivity index (χ0) is 20.8. The first-order valence-electron chi connectivity index (χ1n) is 8.69. The van der Waals surface area contributed by atoms with Crippen molar-refractivity contribution in [1.82, 2.24) is 15.3 Å². The fourth-order valence-corrected chi connectivity index (χ4v) is 2.01. The average Bonchev–Trinajstić information content (AvgIpc) is 2.70. The van der Waals surface area contributed by atoms with E-state index in [1.807, 2.05) is 31.2 Å². The van der Waals surface area contributed by atoms with Gasteiger partial charge in [-0.3, -0.25) is 4.79 Å². The highest BCUT2D eigenvalue weighted by Crippen LogP contribution is 2.19. The van der Waals surface area contributed by atoms with Crippen LogP contribution in [0.1, 0.15) is 19.2 Å². The number of allylic oxidation sites excluding steroid dienone is 1. The zero-order valence-corrected chi connectivity index (χ0v) is 16.4. The van der Waals surface area contributed by atoms with E-state index >= 15 is 0 Å². The molecule has 0 radical (unpaired) electrons. The number of carbonyl (C=O) groups is 2. The number of hydrogen-bond acceptors (Lipinski definition) is 7. The van der Waals surface area contributed by atoms with Gasteiger partial charge in [0.25, 0.3) is 5.91 Å². The molecule has 2 rings (SSSR count). The first kappa shape index (κ1) is 22.8. The second-order valence-corrected chi connectivity index (χ2v) is 5.47. The maximum Gasteiger partial charge on any atom is 0.286 e. The maximum absolute atomic E-state index is 11.9. The van der Waals surface area contributed by atoms with E-state index in [0.717, 1.165) is 23.6 Å². The number of benzene rings is 1. The fraction of sp³-hybridized carbons (Fsp3) is 0.300. The Morgan fingerprint density at radius 3 is 2.64 bits per heavy atom. The van der Waals surface area contributed by atoms with Gasteiger partial charge in [0.2, 0.25) is 0 Å². The van der Waals surface area contributed by atoms with Crippen LogP contribution in [-0.2, 0) is 25.6 Å². The number of ether oxygens (including phenoxy) is 2. The number of aldehydes is 1. The van der Waals surface area contributed by atoms with Crippen LogP contribution in [0.4, 0.5) is 5.82 Å². The minimum Gasteiger partial charge on any atom is -0.460 e. The van der Waals surface area contributed by atoms with E-state index in [0.29, 0.717) is 11.6 Å². The number of nitrogens with one attached hydrogen (secondary N) is 2. The molecule has 0 aliphatic rings. The van der Waals surface area contributed by atoms with E-state index in [-0.39, 0.29) is 18.8 Å². The molecule has 1 aromatic carbocycles. The minimum atomic E-state index is -0.445. The Morgan fingerprint density at radius 2 is 1.96 bits per heavy atom. The minimum absolute atomic E-state index is 0.00945. The van der Waals surface area contributed by atoms with Gasteiger partial charge in [-0.2, -0.15) is 0 Å². The number of carbonyl (C=O) groups excluding carboxylic acids is 2. The smallest absolute Gasteiger partial charge is 0.286 e. The number of aromatic nitrogens is 2. The third-order valence-electron chi connectivity index (χ3n) is 3.20. The predicted octanol–water partition coefficient (Wildman–Crippen LogP) is 2.57. The highest BCUT2D eigenvalue weighted by Gasteiger charge is 2.11. The van der Waals surface area contributed by atoms with Gasteiger partial charge in [0.15, 0.2) is 11.6 Å². The Morgan fingerprint density at radius 1 is 1.25 bits per heavy atom. The van der Waals surface area contributed by atoms with Crippen molar-refractivity contribution in [3.05, 3.63) is 54.8 Å². The van der Waals surface area contributed by atoms with Crippen molar-refractivity contribution in [2.24, 2.45) is 0 Å². The number of nitrogens with zero attached hydrogens (tertiary/aromatic N) is 2. The Bertz CT molecular complexity index is 821. The fourth-order valence-electron chi connectivity index (χ4n) is 2.01. The van der Waals surface area contributed by atoms with Crippen LogP contribution < -0.4 is 10.6 Å². The van der Waals surface area contributed by atoms with Crippen molar-refractivity contribution in [2.45, 2.75) is 19.9 Å². The van der Waals surface area contributed by atoms with Gasteiger partial charge in [-0.15, -0.1) is 0 Å². The molecular weight excluding hydrogens is 360 g/mol. The van der Waals surface area contributed by atoms with E-state index in [4.69, 9.17) is 4.74 Å². The summed E-state index contributed by atoms with van der Waals surface area (Å²) >= 11 is 0. The van der Waals surface area contributed by atoms with Crippen molar-refractivity contribution in [1.29, 1.82) is 0 Å². The Hall–Kier alpha value is -3.26. The highest BCUT2D eigenvalue weighted by atomic mass is 16.5. The number of anilines is 1. The first-order valence-corrected chi connectivity index (χ1v) is 8.69. The van der Waals surface area contributed by atoms with Gasteiger partial charge in [0, 0.05) is 19.6 Å². The molecule has 8 nitrogen and oxygen atoms in total. The molecule has 0 saturated heterocycles. The first-order chi connectivity index (χ1) is 13.6. The molecule has 1 aromatic heterocycles. The number of amides is 1. The SMILES string of the molecule is C=C(O/C=C\CC)C(=O)NCc1nc(NCC=O)c2ccccc2n1.COC. The van der Waals surface area contributed by atoms with Crippen LogP contribution in [0.5, 0.6) is 0 Å². The van der Waals surface area contributed by atoms with Crippen LogP contribution in [-0.4, -0.2) is 42.9 Å². The second-order valence-electron chi connectivity index (χ2n) is 5.47. The number of para-hydroxylation sites is 1. The largest absolute Gasteiger partial charge is 0.460 e. The van der Waals surface area contributed by atoms with Crippen molar-refractivity contribution < 1.29 is 19.1 Å². The van der Waals surface area contributed by atoms with Gasteiger partial charge in [-0.05, 0) is 24.6 Å². The third-order valence-corrected chi connectivity index (χ3v) is 3.20. The highest BCUT2D eigenvalue weighted by molar-refractivity contribution is 5.91. The van der Waals surface area contributed by atoms with E-state index in [9.17, 15) is 9.59 Å². The van der Waals surface area contributed by atoms with Crippen LogP contribution in [0.3, 0.4) is 0 Å². The van der Waals surface area contributed by atoms with Crippen LogP contribution in [0.25, 0.3) is 10.9 Å². The van der Waals surface area contributed by atoms with Crippen molar-refractivity contribution in [3.8, 4) is 0 Å². The van der Waals surface area contributed by atoms with Gasteiger partial charge in [0.1, 0.15) is 12.1 Å². The molecule has 0 unspecified atom stereocenters. The molecule has 2 aromatic rings. The van der Waals surface area contributed by atoms with Gasteiger partial charge < -0.3 is 24.9 Å². The molecule has 150 valence electrons. The second kappa shape index (κ2) is 13.0. The van der Waals surface area contributed by atoms with Crippen LogP contribution >= 0.6 is 0 Å². The molecule has 0 fully saturated rings. The van der Waals surface area contributed by atoms with Gasteiger partial charge in [0.05, 0.1) is 24.9 Å². The van der Waals surface area contributed by atoms with Crippen LogP contribution in [0.2, 0.25) is 0 Å². The van der Waals surface area contributed by atoms with Gasteiger partial charge in [-0.25, -0.2) is 9.97 Å². The summed E-state index contributed by atoms with van der Waals surface area (Å²) in [6, 6.07) is 7.42. The lowest BCUT2D eigenvalue weighted by atomic mass is 10.2. The van der Waals surface area contributed by atoms with E-state index < -0.39 is 5.91 Å². The van der Waals surface area contributed by atoms with Crippen LogP contribution in [0.15, 0.2) is 48.9 Å². The number of fused-ring (bicyclic) bond motifs is 1. The summed E-state index contributed by atoms with van der Waals surface area (Å²) in [4.78, 5) is 31.3. The normalized spacial score (nSPS) is 10.1. The molecule has 0 atom stereocenters. The average molecular weight is 386 g/mol. The summed E-state index contributed by atoms with van der Waals surface area (Å²) < 4.78 is 9.35. The molecule has 0 spiro atoms. The zero-order valence-electron chi connectivity index (χ0n) is 16.4. The summed E-state index contributed by atoms with van der Waals surface area (Å²) in [6.45, 7) is 5.77. The lowest BCUT2D eigenvalue weighted by Crippen LogP contribution is -2.25. The summed E-state index contributed by atoms with van der Waals surface area (Å²) in [5.41, 5.74) is 0.719. The van der Waals surface area contributed by atoms with Crippen molar-refractivity contribution in [3.63, 3.8) is 0 Å². The summed E-state index contributed by atoms with van der Waals surface area (Å²) in [5.74, 6) is 0.505.